The van der Waals surface area contributed by atoms with E-state index in [9.17, 15) is 9.59 Å². The quantitative estimate of drug-likeness (QED) is 0.516. The Morgan fingerprint density at radius 1 is 1.22 bits per heavy atom. The van der Waals surface area contributed by atoms with E-state index in [0.29, 0.717) is 5.56 Å². The summed E-state index contributed by atoms with van der Waals surface area (Å²) in [4.78, 5) is 28.7. The number of hydroxylamine groups is 1. The molecule has 0 aromatic heterocycles. The fraction of sp³-hybridized carbons (Fsp3) is 0.385. The third kappa shape index (κ3) is 3.65. The molecule has 0 radical (unpaired) electrons. The highest BCUT2D eigenvalue weighted by molar-refractivity contribution is 9.10. The summed E-state index contributed by atoms with van der Waals surface area (Å²) in [6, 6.07) is 6.95. The van der Waals surface area contributed by atoms with Crippen molar-refractivity contribution in [2.24, 2.45) is 11.8 Å². The van der Waals surface area contributed by atoms with Crippen molar-refractivity contribution in [2.75, 3.05) is 7.11 Å². The van der Waals surface area contributed by atoms with Crippen LogP contribution < -0.4 is 5.48 Å². The molecule has 0 aliphatic rings. The van der Waals surface area contributed by atoms with Crippen LogP contribution in [0.3, 0.4) is 0 Å². The summed E-state index contributed by atoms with van der Waals surface area (Å²) < 4.78 is 0.890. The molecule has 1 amide bonds. The minimum Gasteiger partial charge on any atom is -0.293 e. The fourth-order valence-electron chi connectivity index (χ4n) is 1.68. The van der Waals surface area contributed by atoms with Crippen LogP contribution in [-0.4, -0.2) is 18.8 Å². The van der Waals surface area contributed by atoms with E-state index in [1.54, 1.807) is 24.3 Å². The number of hydrogen-bond donors (Lipinski definition) is 1. The lowest BCUT2D eigenvalue weighted by Crippen LogP contribution is -2.38. The summed E-state index contributed by atoms with van der Waals surface area (Å²) in [6.07, 6.45) is 0. The lowest BCUT2D eigenvalue weighted by Gasteiger charge is -2.18. The largest absolute Gasteiger partial charge is 0.293 e. The Labute approximate surface area is 115 Å². The molecular weight excluding hydrogens is 298 g/mol. The number of benzene rings is 1. The molecule has 0 aliphatic heterocycles. The average Bonchev–Trinajstić information content (AvgIpc) is 2.29. The fourth-order valence-corrected chi connectivity index (χ4v) is 1.95. The lowest BCUT2D eigenvalue weighted by molar-refractivity contribution is -0.135. The number of Topliss-reactive ketones (excluding diaryl/α,β-unsaturated/α-hetero) is 1. The summed E-state index contributed by atoms with van der Waals surface area (Å²) in [6.45, 7) is 3.66. The number of hydrogen-bond acceptors (Lipinski definition) is 3. The zero-order chi connectivity index (χ0) is 13.7. The number of carbonyl (C=O) groups is 2. The van der Waals surface area contributed by atoms with Crippen LogP contribution in [0.15, 0.2) is 28.7 Å². The van der Waals surface area contributed by atoms with Crippen LogP contribution in [0.4, 0.5) is 0 Å². The van der Waals surface area contributed by atoms with Crippen LogP contribution in [0.5, 0.6) is 0 Å². The van der Waals surface area contributed by atoms with Gasteiger partial charge < -0.3 is 0 Å². The van der Waals surface area contributed by atoms with E-state index < -0.39 is 11.8 Å². The van der Waals surface area contributed by atoms with E-state index in [1.807, 2.05) is 13.8 Å². The molecule has 0 heterocycles. The maximum absolute atomic E-state index is 12.3. The van der Waals surface area contributed by atoms with Gasteiger partial charge in [0.2, 0.25) is 0 Å². The van der Waals surface area contributed by atoms with Gasteiger partial charge in [-0.15, -0.1) is 0 Å². The lowest BCUT2D eigenvalue weighted by atomic mass is 9.87. The van der Waals surface area contributed by atoms with Crippen LogP contribution in [0.2, 0.25) is 0 Å². The standard InChI is InChI=1S/C13H16BrNO3/c1-8(2)11(13(17)15-18-3)12(16)9-4-6-10(14)7-5-9/h4-8,11H,1-3H3,(H,15,17). The first-order chi connectivity index (χ1) is 8.47. The second-order valence-electron chi connectivity index (χ2n) is 4.26. The molecule has 18 heavy (non-hydrogen) atoms. The van der Waals surface area contributed by atoms with Crippen molar-refractivity contribution >= 4 is 27.6 Å². The topological polar surface area (TPSA) is 55.4 Å². The molecule has 1 rings (SSSR count). The third-order valence-electron chi connectivity index (χ3n) is 2.56. The highest BCUT2D eigenvalue weighted by Crippen LogP contribution is 2.19. The summed E-state index contributed by atoms with van der Waals surface area (Å²) >= 11 is 3.30. The van der Waals surface area contributed by atoms with E-state index in [-0.39, 0.29) is 11.7 Å². The Balaban J connectivity index is 2.96. The SMILES string of the molecule is CONC(=O)C(C(=O)c1ccc(Br)cc1)C(C)C. The Bertz CT molecular complexity index is 428. The zero-order valence-corrected chi connectivity index (χ0v) is 12.2. The van der Waals surface area contributed by atoms with Crippen molar-refractivity contribution in [3.05, 3.63) is 34.3 Å². The van der Waals surface area contributed by atoms with Crippen LogP contribution in [0.25, 0.3) is 0 Å². The molecule has 0 bridgehead atoms. The number of carbonyl (C=O) groups excluding carboxylic acids is 2. The van der Waals surface area contributed by atoms with E-state index in [4.69, 9.17) is 0 Å². The van der Waals surface area contributed by atoms with Gasteiger partial charge in [-0.05, 0) is 18.1 Å². The van der Waals surface area contributed by atoms with Gasteiger partial charge in [-0.1, -0.05) is 41.9 Å². The number of amides is 1. The molecule has 0 saturated heterocycles. The number of halogens is 1. The first-order valence-electron chi connectivity index (χ1n) is 5.60. The second kappa shape index (κ2) is 6.66. The molecule has 98 valence electrons. The second-order valence-corrected chi connectivity index (χ2v) is 5.18. The van der Waals surface area contributed by atoms with Crippen molar-refractivity contribution in [1.82, 2.24) is 5.48 Å². The molecular formula is C13H16BrNO3. The van der Waals surface area contributed by atoms with Crippen molar-refractivity contribution in [3.8, 4) is 0 Å². The molecule has 0 spiro atoms. The monoisotopic (exact) mass is 313 g/mol. The third-order valence-corrected chi connectivity index (χ3v) is 3.09. The van der Waals surface area contributed by atoms with Crippen molar-refractivity contribution in [1.29, 1.82) is 0 Å². The molecule has 0 fully saturated rings. The van der Waals surface area contributed by atoms with Crippen molar-refractivity contribution in [2.45, 2.75) is 13.8 Å². The van der Waals surface area contributed by atoms with Gasteiger partial charge in [0.25, 0.3) is 5.91 Å². The van der Waals surface area contributed by atoms with Crippen LogP contribution >= 0.6 is 15.9 Å². The highest BCUT2D eigenvalue weighted by Gasteiger charge is 2.30. The average molecular weight is 314 g/mol. The zero-order valence-electron chi connectivity index (χ0n) is 10.6. The molecule has 1 aromatic carbocycles. The summed E-state index contributed by atoms with van der Waals surface area (Å²) in [7, 11) is 1.35. The first kappa shape index (κ1) is 14.9. The molecule has 1 atom stereocenters. The molecule has 1 aromatic rings. The van der Waals surface area contributed by atoms with E-state index in [1.165, 1.54) is 7.11 Å². The van der Waals surface area contributed by atoms with Gasteiger partial charge in [-0.25, -0.2) is 5.48 Å². The van der Waals surface area contributed by atoms with Crippen LogP contribution in [0.1, 0.15) is 24.2 Å². The van der Waals surface area contributed by atoms with E-state index in [0.717, 1.165) is 4.47 Å². The summed E-state index contributed by atoms with van der Waals surface area (Å²) in [5, 5.41) is 0. The van der Waals surface area contributed by atoms with Gasteiger partial charge in [0.1, 0.15) is 5.92 Å². The molecule has 0 aliphatic carbocycles. The maximum atomic E-state index is 12.3. The Morgan fingerprint density at radius 2 is 1.78 bits per heavy atom. The molecule has 1 N–H and O–H groups in total. The Hall–Kier alpha value is -1.20. The maximum Gasteiger partial charge on any atom is 0.254 e. The van der Waals surface area contributed by atoms with Gasteiger partial charge in [0.15, 0.2) is 5.78 Å². The minimum absolute atomic E-state index is 0.101. The van der Waals surface area contributed by atoms with Gasteiger partial charge in [0, 0.05) is 10.0 Å². The predicted octanol–water partition coefficient (Wildman–Crippen LogP) is 2.58. The molecule has 4 nitrogen and oxygen atoms in total. The summed E-state index contributed by atoms with van der Waals surface area (Å²) in [5.41, 5.74) is 2.74. The van der Waals surface area contributed by atoms with E-state index in [2.05, 4.69) is 26.2 Å². The number of rotatable bonds is 5. The predicted molar refractivity (Wildman–Crippen MR) is 72.0 cm³/mol. The highest BCUT2D eigenvalue weighted by atomic mass is 79.9. The Morgan fingerprint density at radius 3 is 2.22 bits per heavy atom. The molecule has 5 heteroatoms. The normalized spacial score (nSPS) is 12.3. The Kier molecular flexibility index (Phi) is 5.50. The molecule has 1 unspecified atom stereocenters. The van der Waals surface area contributed by atoms with Gasteiger partial charge in [0.05, 0.1) is 7.11 Å². The van der Waals surface area contributed by atoms with E-state index >= 15 is 0 Å². The van der Waals surface area contributed by atoms with Gasteiger partial charge in [-0.3, -0.25) is 14.4 Å². The summed E-state index contributed by atoms with van der Waals surface area (Å²) in [5.74, 6) is -1.46. The van der Waals surface area contributed by atoms with Crippen molar-refractivity contribution < 1.29 is 14.4 Å². The smallest absolute Gasteiger partial charge is 0.254 e. The minimum atomic E-state index is -0.744. The van der Waals surface area contributed by atoms with Crippen molar-refractivity contribution in [3.63, 3.8) is 0 Å². The molecule has 0 saturated carbocycles. The van der Waals surface area contributed by atoms with Crippen LogP contribution in [-0.2, 0) is 9.63 Å². The van der Waals surface area contributed by atoms with Crippen LogP contribution in [0, 0.1) is 11.8 Å². The number of ketones is 1. The first-order valence-corrected chi connectivity index (χ1v) is 6.39. The number of nitrogens with one attached hydrogen (secondary N) is 1. The van der Waals surface area contributed by atoms with Gasteiger partial charge >= 0.3 is 0 Å². The van der Waals surface area contributed by atoms with Gasteiger partial charge in [-0.2, -0.15) is 0 Å².